The fraction of sp³-hybridized carbons (Fsp3) is 0.409. The molecule has 8 nitrogen and oxygen atoms in total. The Morgan fingerprint density at radius 1 is 1.29 bits per heavy atom. The number of hydrogen-bond donors (Lipinski definition) is 2. The van der Waals surface area contributed by atoms with E-state index in [1.165, 1.54) is 0 Å². The molecule has 0 radical (unpaired) electrons. The molecule has 1 aromatic carbocycles. The van der Waals surface area contributed by atoms with Crippen LogP contribution < -0.4 is 15.4 Å². The molecule has 1 aromatic heterocycles. The van der Waals surface area contributed by atoms with E-state index in [4.69, 9.17) is 21.1 Å². The molecule has 1 atom stereocenters. The average molecular weight is 442 g/mol. The minimum atomic E-state index is -0.00178. The monoisotopic (exact) mass is 441 g/mol. The molecular weight excluding hydrogens is 418 g/mol. The Hall–Kier alpha value is -2.68. The summed E-state index contributed by atoms with van der Waals surface area (Å²) in [4.78, 5) is 23.6. The Kier molecular flexibility index (Phi) is 5.76. The van der Waals surface area contributed by atoms with Crippen molar-refractivity contribution in [3.05, 3.63) is 47.2 Å². The molecule has 1 unspecified atom stereocenters. The number of anilines is 1. The number of carbonyl (C=O) groups excluding carboxylic acids is 1. The Labute approximate surface area is 185 Å². The first-order valence-corrected chi connectivity index (χ1v) is 10.9. The molecule has 0 saturated carbocycles. The van der Waals surface area contributed by atoms with E-state index in [0.717, 1.165) is 24.0 Å². The van der Waals surface area contributed by atoms with Crippen molar-refractivity contribution in [2.45, 2.75) is 18.6 Å². The van der Waals surface area contributed by atoms with E-state index in [9.17, 15) is 4.79 Å². The second-order valence-electron chi connectivity index (χ2n) is 7.81. The SMILES string of the molecule is O=C(C1=CCC(Nc2ncc3c(Cl)ccc(OC4CNC4)c3n2)C=C1)N1CCOCC1. The van der Waals surface area contributed by atoms with E-state index in [1.54, 1.807) is 6.20 Å². The summed E-state index contributed by atoms with van der Waals surface area (Å²) in [5.41, 5.74) is 1.41. The molecule has 3 aliphatic rings. The number of rotatable bonds is 5. The van der Waals surface area contributed by atoms with Crippen LogP contribution in [0.1, 0.15) is 6.42 Å². The number of morpholine rings is 1. The van der Waals surface area contributed by atoms with Crippen molar-refractivity contribution in [3.8, 4) is 5.75 Å². The summed E-state index contributed by atoms with van der Waals surface area (Å²) in [6.45, 7) is 4.12. The summed E-state index contributed by atoms with van der Waals surface area (Å²) in [5.74, 6) is 1.26. The maximum Gasteiger partial charge on any atom is 0.253 e. The number of ether oxygens (including phenoxy) is 2. The lowest BCUT2D eigenvalue weighted by atomic mass is 10.0. The Morgan fingerprint density at radius 2 is 2.13 bits per heavy atom. The largest absolute Gasteiger partial charge is 0.485 e. The van der Waals surface area contributed by atoms with Crippen LogP contribution in [0.3, 0.4) is 0 Å². The van der Waals surface area contributed by atoms with Crippen LogP contribution in [-0.2, 0) is 9.53 Å². The van der Waals surface area contributed by atoms with Gasteiger partial charge in [0.15, 0.2) is 0 Å². The standard InChI is InChI=1S/C22H24ClN5O3/c23-18-5-6-19(31-16-11-24-12-16)20-17(18)13-25-22(27-20)26-15-3-1-14(2-4-15)21(29)28-7-9-30-10-8-28/h1-3,5-6,13,15-16,24H,4,7-12H2,(H,25,26,27). The zero-order valence-electron chi connectivity index (χ0n) is 17.0. The van der Waals surface area contributed by atoms with Gasteiger partial charge in [-0.3, -0.25) is 4.79 Å². The van der Waals surface area contributed by atoms with E-state index < -0.39 is 0 Å². The van der Waals surface area contributed by atoms with E-state index in [2.05, 4.69) is 20.6 Å². The number of fused-ring (bicyclic) bond motifs is 1. The lowest BCUT2D eigenvalue weighted by Crippen LogP contribution is -2.50. The van der Waals surface area contributed by atoms with Gasteiger partial charge in [-0.05, 0) is 18.6 Å². The molecule has 1 aliphatic carbocycles. The van der Waals surface area contributed by atoms with Gasteiger partial charge in [-0.25, -0.2) is 9.97 Å². The van der Waals surface area contributed by atoms with Crippen molar-refractivity contribution in [1.82, 2.24) is 20.2 Å². The molecule has 162 valence electrons. The minimum absolute atomic E-state index is 0.00178. The number of halogens is 1. The summed E-state index contributed by atoms with van der Waals surface area (Å²) < 4.78 is 11.4. The number of aromatic nitrogens is 2. The molecule has 2 fully saturated rings. The molecule has 2 aromatic rings. The second-order valence-corrected chi connectivity index (χ2v) is 8.22. The Balaban J connectivity index is 1.28. The minimum Gasteiger partial charge on any atom is -0.485 e. The van der Waals surface area contributed by atoms with Crippen LogP contribution in [0, 0.1) is 0 Å². The maximum atomic E-state index is 12.6. The van der Waals surface area contributed by atoms with Gasteiger partial charge >= 0.3 is 0 Å². The van der Waals surface area contributed by atoms with Crippen molar-refractivity contribution >= 4 is 34.4 Å². The fourth-order valence-corrected chi connectivity index (χ4v) is 3.95. The molecule has 2 saturated heterocycles. The predicted octanol–water partition coefficient (Wildman–Crippen LogP) is 2.16. The van der Waals surface area contributed by atoms with E-state index >= 15 is 0 Å². The van der Waals surface area contributed by atoms with Crippen LogP contribution in [0.5, 0.6) is 5.75 Å². The van der Waals surface area contributed by atoms with E-state index in [-0.39, 0.29) is 18.1 Å². The highest BCUT2D eigenvalue weighted by atomic mass is 35.5. The smallest absolute Gasteiger partial charge is 0.253 e. The van der Waals surface area contributed by atoms with Gasteiger partial charge in [0.1, 0.15) is 17.4 Å². The second kappa shape index (κ2) is 8.82. The number of nitrogens with zero attached hydrogens (tertiary/aromatic N) is 3. The van der Waals surface area contributed by atoms with Crippen molar-refractivity contribution in [1.29, 1.82) is 0 Å². The number of carbonyl (C=O) groups is 1. The topological polar surface area (TPSA) is 88.6 Å². The first-order chi connectivity index (χ1) is 15.2. The molecule has 3 heterocycles. The maximum absolute atomic E-state index is 12.6. The molecule has 1 amide bonds. The molecule has 31 heavy (non-hydrogen) atoms. The van der Waals surface area contributed by atoms with Gasteiger partial charge in [0.05, 0.1) is 24.3 Å². The van der Waals surface area contributed by atoms with E-state index in [1.807, 2.05) is 35.3 Å². The lowest BCUT2D eigenvalue weighted by Gasteiger charge is -2.28. The molecular formula is C22H24ClN5O3. The third kappa shape index (κ3) is 4.37. The molecule has 2 aliphatic heterocycles. The highest BCUT2D eigenvalue weighted by Crippen LogP contribution is 2.31. The zero-order valence-corrected chi connectivity index (χ0v) is 17.8. The molecule has 9 heteroatoms. The number of nitrogens with one attached hydrogen (secondary N) is 2. The predicted molar refractivity (Wildman–Crippen MR) is 118 cm³/mol. The Bertz CT molecular complexity index is 1050. The van der Waals surface area contributed by atoms with Crippen molar-refractivity contribution < 1.29 is 14.3 Å². The van der Waals surface area contributed by atoms with Crippen molar-refractivity contribution in [2.24, 2.45) is 0 Å². The molecule has 2 N–H and O–H groups in total. The van der Waals surface area contributed by atoms with Crippen LogP contribution in [0.4, 0.5) is 5.95 Å². The molecule has 0 bridgehead atoms. The fourth-order valence-electron chi connectivity index (χ4n) is 3.75. The lowest BCUT2D eigenvalue weighted by molar-refractivity contribution is -0.130. The van der Waals surface area contributed by atoms with Crippen molar-refractivity contribution in [2.75, 3.05) is 44.7 Å². The summed E-state index contributed by atoms with van der Waals surface area (Å²) in [7, 11) is 0. The van der Waals surface area contributed by atoms with Gasteiger partial charge in [-0.15, -0.1) is 0 Å². The van der Waals surface area contributed by atoms with Crippen LogP contribution in [0.25, 0.3) is 10.9 Å². The van der Waals surface area contributed by atoms with Crippen molar-refractivity contribution in [3.63, 3.8) is 0 Å². The average Bonchev–Trinajstić information content (AvgIpc) is 2.78. The van der Waals surface area contributed by atoms with Crippen LogP contribution >= 0.6 is 11.6 Å². The quantitative estimate of drug-likeness (QED) is 0.735. The van der Waals surface area contributed by atoms with Gasteiger partial charge in [0, 0.05) is 43.3 Å². The van der Waals surface area contributed by atoms with E-state index in [0.29, 0.717) is 55.0 Å². The number of benzene rings is 1. The summed E-state index contributed by atoms with van der Waals surface area (Å²) >= 11 is 6.34. The summed E-state index contributed by atoms with van der Waals surface area (Å²) in [6, 6.07) is 3.66. The third-order valence-electron chi connectivity index (χ3n) is 5.66. The van der Waals surface area contributed by atoms with Crippen LogP contribution in [0.2, 0.25) is 5.02 Å². The first-order valence-electron chi connectivity index (χ1n) is 10.5. The van der Waals surface area contributed by atoms with Gasteiger partial charge in [-0.1, -0.05) is 29.8 Å². The van der Waals surface area contributed by atoms with Crippen LogP contribution in [0.15, 0.2) is 42.1 Å². The Morgan fingerprint density at radius 3 is 2.84 bits per heavy atom. The van der Waals surface area contributed by atoms with Gasteiger partial charge < -0.3 is 25.0 Å². The van der Waals surface area contributed by atoms with Gasteiger partial charge in [0.2, 0.25) is 5.95 Å². The normalized spacial score (nSPS) is 21.5. The summed E-state index contributed by atoms with van der Waals surface area (Å²) in [6.07, 6.45) is 8.35. The first kappa shape index (κ1) is 20.2. The molecule has 5 rings (SSSR count). The number of amides is 1. The highest BCUT2D eigenvalue weighted by Gasteiger charge is 2.23. The highest BCUT2D eigenvalue weighted by molar-refractivity contribution is 6.35. The number of hydrogen-bond acceptors (Lipinski definition) is 7. The third-order valence-corrected chi connectivity index (χ3v) is 5.99. The van der Waals surface area contributed by atoms with Gasteiger partial charge in [0.25, 0.3) is 5.91 Å². The van der Waals surface area contributed by atoms with Crippen LogP contribution in [-0.4, -0.2) is 72.3 Å². The van der Waals surface area contributed by atoms with Gasteiger partial charge in [-0.2, -0.15) is 0 Å². The molecule has 0 spiro atoms. The zero-order chi connectivity index (χ0) is 21.2. The summed E-state index contributed by atoms with van der Waals surface area (Å²) in [5, 5.41) is 7.88.